The van der Waals surface area contributed by atoms with Crippen LogP contribution in [0, 0.1) is 5.92 Å². The van der Waals surface area contributed by atoms with Gasteiger partial charge in [0, 0.05) is 22.9 Å². The average Bonchev–Trinajstić information content (AvgIpc) is 3.38. The highest BCUT2D eigenvalue weighted by Gasteiger charge is 2.29. The Balaban J connectivity index is 1.85. The number of rotatable bonds is 7. The first-order valence-corrected chi connectivity index (χ1v) is 7.89. The predicted octanol–water partition coefficient (Wildman–Crippen LogP) is 2.09. The lowest BCUT2D eigenvalue weighted by atomic mass is 10.2. The largest absolute Gasteiger partial charge is 0.466 e. The van der Waals surface area contributed by atoms with E-state index in [0.29, 0.717) is 23.6 Å². The van der Waals surface area contributed by atoms with E-state index in [1.165, 1.54) is 0 Å². The molecule has 7 nitrogen and oxygen atoms in total. The molecule has 0 radical (unpaired) electrons. The number of ether oxygens (including phenoxy) is 1. The molecule has 1 aromatic carbocycles. The lowest BCUT2D eigenvalue weighted by Gasteiger charge is -2.06. The molecule has 0 bridgehead atoms. The van der Waals surface area contributed by atoms with Gasteiger partial charge < -0.3 is 10.1 Å². The number of benzene rings is 1. The highest BCUT2D eigenvalue weighted by molar-refractivity contribution is 6.00. The van der Waals surface area contributed by atoms with Crippen molar-refractivity contribution < 1.29 is 19.1 Å². The second kappa shape index (κ2) is 8.24. The summed E-state index contributed by atoms with van der Waals surface area (Å²) in [5.74, 6) is -0.627. The second-order valence-corrected chi connectivity index (χ2v) is 5.61. The van der Waals surface area contributed by atoms with Crippen LogP contribution in [0.15, 0.2) is 29.4 Å². The number of hydrazone groups is 1. The van der Waals surface area contributed by atoms with Crippen LogP contribution in [0.5, 0.6) is 0 Å². The summed E-state index contributed by atoms with van der Waals surface area (Å²) in [6, 6.07) is 6.55. The molecule has 2 amide bonds. The molecule has 1 aliphatic rings. The summed E-state index contributed by atoms with van der Waals surface area (Å²) in [7, 11) is 0. The molecule has 2 rings (SSSR count). The summed E-state index contributed by atoms with van der Waals surface area (Å²) in [5, 5.41) is 6.68. The van der Waals surface area contributed by atoms with Crippen molar-refractivity contribution in [3.8, 4) is 0 Å². The van der Waals surface area contributed by atoms with Gasteiger partial charge in [0.2, 0.25) is 5.91 Å². The number of nitrogens with one attached hydrogen (secondary N) is 2. The third-order valence-corrected chi connectivity index (χ3v) is 3.42. The molecule has 0 aliphatic heterocycles. The van der Waals surface area contributed by atoms with E-state index in [4.69, 9.17) is 4.74 Å². The van der Waals surface area contributed by atoms with Crippen molar-refractivity contribution in [2.45, 2.75) is 33.1 Å². The summed E-state index contributed by atoms with van der Waals surface area (Å²) in [5.41, 5.74) is 3.91. The van der Waals surface area contributed by atoms with Gasteiger partial charge in [-0.25, -0.2) is 5.43 Å². The van der Waals surface area contributed by atoms with Gasteiger partial charge in [-0.15, -0.1) is 0 Å². The van der Waals surface area contributed by atoms with Crippen LogP contribution in [0.3, 0.4) is 0 Å². The minimum atomic E-state index is -0.390. The maximum atomic E-state index is 12.0. The Morgan fingerprint density at radius 1 is 1.21 bits per heavy atom. The molecule has 24 heavy (non-hydrogen) atoms. The lowest BCUT2D eigenvalue weighted by Crippen LogP contribution is -2.20. The van der Waals surface area contributed by atoms with Crippen LogP contribution in [0.25, 0.3) is 0 Å². The number of carbonyl (C=O) groups excluding carboxylic acids is 3. The van der Waals surface area contributed by atoms with Gasteiger partial charge in [-0.1, -0.05) is 0 Å². The molecule has 0 spiro atoms. The van der Waals surface area contributed by atoms with Crippen molar-refractivity contribution in [2.24, 2.45) is 11.0 Å². The van der Waals surface area contributed by atoms with Gasteiger partial charge in [0.05, 0.1) is 13.0 Å². The Morgan fingerprint density at radius 3 is 2.46 bits per heavy atom. The van der Waals surface area contributed by atoms with E-state index in [9.17, 15) is 14.4 Å². The first kappa shape index (κ1) is 17.7. The monoisotopic (exact) mass is 331 g/mol. The average molecular weight is 331 g/mol. The van der Waals surface area contributed by atoms with Crippen LogP contribution in [0.4, 0.5) is 5.69 Å². The number of carbonyl (C=O) groups is 3. The fraction of sp³-hybridized carbons (Fsp3) is 0.412. The molecule has 0 heterocycles. The minimum Gasteiger partial charge on any atom is -0.466 e. The SMILES string of the molecule is CCOC(=O)C/C(C)=N/NC(=O)c1ccc(NC(=O)C2CC2)cc1. The number of anilines is 1. The van der Waals surface area contributed by atoms with Gasteiger partial charge in [0.25, 0.3) is 5.91 Å². The molecule has 0 unspecified atom stereocenters. The van der Waals surface area contributed by atoms with Crippen molar-refractivity contribution in [2.75, 3.05) is 11.9 Å². The molecule has 1 aliphatic carbocycles. The molecule has 1 aromatic rings. The summed E-state index contributed by atoms with van der Waals surface area (Å²) in [4.78, 5) is 34.9. The molecule has 128 valence electrons. The van der Waals surface area contributed by atoms with E-state index in [0.717, 1.165) is 12.8 Å². The zero-order valence-electron chi connectivity index (χ0n) is 13.8. The molecule has 0 aromatic heterocycles. The van der Waals surface area contributed by atoms with Crippen molar-refractivity contribution in [3.05, 3.63) is 29.8 Å². The van der Waals surface area contributed by atoms with E-state index in [2.05, 4.69) is 15.8 Å². The molecule has 0 saturated heterocycles. The quantitative estimate of drug-likeness (QED) is 0.454. The summed E-state index contributed by atoms with van der Waals surface area (Å²) < 4.78 is 4.80. The third-order valence-electron chi connectivity index (χ3n) is 3.42. The maximum absolute atomic E-state index is 12.0. The van der Waals surface area contributed by atoms with E-state index >= 15 is 0 Å². The highest BCUT2D eigenvalue weighted by atomic mass is 16.5. The normalized spacial score (nSPS) is 14.0. The van der Waals surface area contributed by atoms with Crippen LogP contribution < -0.4 is 10.7 Å². The fourth-order valence-electron chi connectivity index (χ4n) is 1.97. The van der Waals surface area contributed by atoms with Crippen molar-refractivity contribution in [1.29, 1.82) is 0 Å². The number of esters is 1. The summed E-state index contributed by atoms with van der Waals surface area (Å²) in [6.07, 6.45) is 1.91. The zero-order valence-corrected chi connectivity index (χ0v) is 13.8. The number of nitrogens with zero attached hydrogens (tertiary/aromatic N) is 1. The van der Waals surface area contributed by atoms with Crippen LogP contribution in [-0.2, 0) is 14.3 Å². The van der Waals surface area contributed by atoms with E-state index < -0.39 is 5.91 Å². The van der Waals surface area contributed by atoms with Gasteiger partial charge in [-0.05, 0) is 51.0 Å². The number of amides is 2. The van der Waals surface area contributed by atoms with Crippen molar-refractivity contribution >= 4 is 29.2 Å². The molecule has 1 saturated carbocycles. The Morgan fingerprint density at radius 2 is 1.88 bits per heavy atom. The molecule has 0 atom stereocenters. The smallest absolute Gasteiger partial charge is 0.311 e. The van der Waals surface area contributed by atoms with Gasteiger partial charge >= 0.3 is 5.97 Å². The highest BCUT2D eigenvalue weighted by Crippen LogP contribution is 2.30. The summed E-state index contributed by atoms with van der Waals surface area (Å²) in [6.45, 7) is 3.67. The Kier molecular flexibility index (Phi) is 6.06. The Hall–Kier alpha value is -2.70. The second-order valence-electron chi connectivity index (χ2n) is 5.61. The van der Waals surface area contributed by atoms with Crippen molar-refractivity contribution in [1.82, 2.24) is 5.43 Å². The fourth-order valence-corrected chi connectivity index (χ4v) is 1.97. The molecule has 2 N–H and O–H groups in total. The van der Waals surface area contributed by atoms with E-state index in [-0.39, 0.29) is 24.2 Å². The third kappa shape index (κ3) is 5.49. The zero-order chi connectivity index (χ0) is 17.5. The molecular weight excluding hydrogens is 310 g/mol. The lowest BCUT2D eigenvalue weighted by molar-refractivity contribution is -0.141. The maximum Gasteiger partial charge on any atom is 0.311 e. The van der Waals surface area contributed by atoms with E-state index in [1.54, 1.807) is 38.1 Å². The number of hydrogen-bond acceptors (Lipinski definition) is 5. The van der Waals surface area contributed by atoms with E-state index in [1.807, 2.05) is 0 Å². The number of hydrogen-bond donors (Lipinski definition) is 2. The van der Waals surface area contributed by atoms with Crippen LogP contribution in [0.2, 0.25) is 0 Å². The first-order valence-electron chi connectivity index (χ1n) is 7.89. The van der Waals surface area contributed by atoms with Crippen LogP contribution in [0.1, 0.15) is 43.5 Å². The Bertz CT molecular complexity index is 648. The van der Waals surface area contributed by atoms with Crippen molar-refractivity contribution in [3.63, 3.8) is 0 Å². The van der Waals surface area contributed by atoms with Gasteiger partial charge in [0.1, 0.15) is 0 Å². The van der Waals surface area contributed by atoms with Crippen LogP contribution >= 0.6 is 0 Å². The molecule has 7 heteroatoms. The van der Waals surface area contributed by atoms with Gasteiger partial charge in [-0.3, -0.25) is 14.4 Å². The first-order chi connectivity index (χ1) is 11.5. The van der Waals surface area contributed by atoms with Gasteiger partial charge in [-0.2, -0.15) is 5.10 Å². The van der Waals surface area contributed by atoms with Gasteiger partial charge in [0.15, 0.2) is 0 Å². The minimum absolute atomic E-state index is 0.0198. The Labute approximate surface area is 140 Å². The molecular formula is C17H21N3O4. The molecule has 1 fully saturated rings. The van der Waals surface area contributed by atoms with Crippen LogP contribution in [-0.4, -0.2) is 30.1 Å². The standard InChI is InChI=1S/C17H21N3O4/c1-3-24-15(21)10-11(2)19-20-17(23)13-6-8-14(9-7-13)18-16(22)12-4-5-12/h6-9,12H,3-5,10H2,1-2H3,(H,18,22)(H,20,23)/b19-11+. The topological polar surface area (TPSA) is 96.9 Å². The summed E-state index contributed by atoms with van der Waals surface area (Å²) >= 11 is 0. The predicted molar refractivity (Wildman–Crippen MR) is 89.6 cm³/mol.